The van der Waals surface area contributed by atoms with Gasteiger partial charge in [0.1, 0.15) is 11.5 Å². The van der Waals surface area contributed by atoms with E-state index in [1.165, 1.54) is 23.3 Å². The van der Waals surface area contributed by atoms with Crippen LogP contribution in [0.3, 0.4) is 0 Å². The van der Waals surface area contributed by atoms with Crippen molar-refractivity contribution in [1.29, 1.82) is 0 Å². The Labute approximate surface area is 210 Å². The van der Waals surface area contributed by atoms with E-state index in [1.54, 1.807) is 12.3 Å². The number of benzene rings is 3. The number of nitrogens with zero attached hydrogens (tertiary/aromatic N) is 2. The highest BCUT2D eigenvalue weighted by Crippen LogP contribution is 2.30. The van der Waals surface area contributed by atoms with Crippen LogP contribution in [-0.4, -0.2) is 21.8 Å². The number of hydrogen-bond donors (Lipinski definition) is 1. The van der Waals surface area contributed by atoms with Crippen LogP contribution in [0.4, 0.5) is 4.39 Å². The van der Waals surface area contributed by atoms with Crippen LogP contribution in [0.25, 0.3) is 5.65 Å². The van der Waals surface area contributed by atoms with Gasteiger partial charge in [-0.25, -0.2) is 9.37 Å². The summed E-state index contributed by atoms with van der Waals surface area (Å²) in [7, 11) is 0. The third-order valence-electron chi connectivity index (χ3n) is 6.60. The van der Waals surface area contributed by atoms with Gasteiger partial charge in [-0.15, -0.1) is 0 Å². The lowest BCUT2D eigenvalue weighted by atomic mass is 9.88. The first-order valence-corrected chi connectivity index (χ1v) is 12.2. The van der Waals surface area contributed by atoms with Gasteiger partial charge in [0.2, 0.25) is 5.91 Å². The van der Waals surface area contributed by atoms with E-state index in [1.807, 2.05) is 71.3 Å². The number of hydrogen-bond acceptors (Lipinski definition) is 2. The first-order valence-electron chi connectivity index (χ1n) is 12.2. The van der Waals surface area contributed by atoms with Crippen molar-refractivity contribution >= 4 is 11.6 Å². The lowest BCUT2D eigenvalue weighted by Crippen LogP contribution is -2.27. The molecule has 1 N–H and O–H groups in total. The van der Waals surface area contributed by atoms with Gasteiger partial charge < -0.3 is 9.72 Å². The van der Waals surface area contributed by atoms with Crippen LogP contribution in [0.15, 0.2) is 116 Å². The molecule has 0 aliphatic carbocycles. The predicted octanol–water partition coefficient (Wildman–Crippen LogP) is 6.33. The number of carbonyl (C=O) groups excluding carboxylic acids is 1. The average Bonchev–Trinajstić information content (AvgIpc) is 3.35. The van der Waals surface area contributed by atoms with E-state index in [0.29, 0.717) is 6.54 Å². The minimum absolute atomic E-state index is 0.0741. The van der Waals surface area contributed by atoms with Crippen LogP contribution < -0.4 is 5.32 Å². The zero-order chi connectivity index (χ0) is 24.7. The molecule has 5 heteroatoms. The Bertz CT molecular complexity index is 1390. The molecule has 1 amide bonds. The SMILES string of the molecule is O=C(CC(c1cccc(F)c1)c1cnc2ccccn12)NCCC(c1ccccc1)c1ccccc1. The molecule has 5 rings (SSSR count). The average molecular weight is 478 g/mol. The summed E-state index contributed by atoms with van der Waals surface area (Å²) in [6, 6.07) is 33.0. The number of fused-ring (bicyclic) bond motifs is 1. The lowest BCUT2D eigenvalue weighted by molar-refractivity contribution is -0.121. The number of aromatic nitrogens is 2. The molecule has 1 unspecified atom stereocenters. The maximum absolute atomic E-state index is 14.1. The molecule has 0 radical (unpaired) electrons. The summed E-state index contributed by atoms with van der Waals surface area (Å²) in [5, 5.41) is 3.12. The third kappa shape index (κ3) is 5.36. The van der Waals surface area contributed by atoms with E-state index in [9.17, 15) is 9.18 Å². The van der Waals surface area contributed by atoms with Gasteiger partial charge in [-0.3, -0.25) is 4.79 Å². The Morgan fingerprint density at radius 1 is 0.806 bits per heavy atom. The second-order valence-electron chi connectivity index (χ2n) is 8.94. The van der Waals surface area contributed by atoms with Crippen LogP contribution in [0, 0.1) is 5.82 Å². The van der Waals surface area contributed by atoms with Crippen molar-refractivity contribution in [3.8, 4) is 0 Å². The monoisotopic (exact) mass is 477 g/mol. The van der Waals surface area contributed by atoms with Gasteiger partial charge in [-0.1, -0.05) is 78.9 Å². The first-order chi connectivity index (χ1) is 17.7. The van der Waals surface area contributed by atoms with E-state index in [0.717, 1.165) is 23.3 Å². The van der Waals surface area contributed by atoms with E-state index in [-0.39, 0.29) is 30.0 Å². The first kappa shape index (κ1) is 23.5. The van der Waals surface area contributed by atoms with Gasteiger partial charge in [0.05, 0.1) is 5.69 Å². The Kier molecular flexibility index (Phi) is 7.17. The fourth-order valence-electron chi connectivity index (χ4n) is 4.84. The van der Waals surface area contributed by atoms with E-state index in [4.69, 9.17) is 0 Å². The Hall–Kier alpha value is -4.25. The van der Waals surface area contributed by atoms with Crippen LogP contribution in [-0.2, 0) is 4.79 Å². The molecule has 1 atom stereocenters. The minimum Gasteiger partial charge on any atom is -0.356 e. The fourth-order valence-corrected chi connectivity index (χ4v) is 4.84. The minimum atomic E-state index is -0.322. The van der Waals surface area contributed by atoms with Gasteiger partial charge in [0.25, 0.3) is 0 Å². The lowest BCUT2D eigenvalue weighted by Gasteiger charge is -2.20. The number of halogens is 1. The Morgan fingerprint density at radius 2 is 1.47 bits per heavy atom. The molecule has 0 saturated carbocycles. The molecule has 2 aromatic heterocycles. The highest BCUT2D eigenvalue weighted by Gasteiger charge is 2.23. The molecule has 3 aromatic carbocycles. The smallest absolute Gasteiger partial charge is 0.221 e. The van der Waals surface area contributed by atoms with Gasteiger partial charge in [-0.05, 0) is 47.4 Å². The maximum atomic E-state index is 14.1. The molecule has 180 valence electrons. The predicted molar refractivity (Wildman–Crippen MR) is 140 cm³/mol. The normalized spacial score (nSPS) is 12.1. The molecule has 2 heterocycles. The molecule has 5 aromatic rings. The fraction of sp³-hybridized carbons (Fsp3) is 0.161. The zero-order valence-corrected chi connectivity index (χ0v) is 19.9. The van der Waals surface area contributed by atoms with Crippen LogP contribution in [0.1, 0.15) is 47.1 Å². The number of amides is 1. The van der Waals surface area contributed by atoms with Crippen LogP contribution in [0.5, 0.6) is 0 Å². The van der Waals surface area contributed by atoms with Crippen molar-refractivity contribution in [2.24, 2.45) is 0 Å². The van der Waals surface area contributed by atoms with Gasteiger partial charge in [-0.2, -0.15) is 0 Å². The van der Waals surface area contributed by atoms with Gasteiger partial charge in [0.15, 0.2) is 0 Å². The van der Waals surface area contributed by atoms with Crippen molar-refractivity contribution in [3.63, 3.8) is 0 Å². The largest absolute Gasteiger partial charge is 0.356 e. The zero-order valence-electron chi connectivity index (χ0n) is 19.9. The summed E-state index contributed by atoms with van der Waals surface area (Å²) < 4.78 is 16.1. The molecular weight excluding hydrogens is 449 g/mol. The highest BCUT2D eigenvalue weighted by atomic mass is 19.1. The molecule has 0 aliphatic heterocycles. The van der Waals surface area contributed by atoms with Crippen molar-refractivity contribution in [1.82, 2.24) is 14.7 Å². The molecule has 0 fully saturated rings. The number of carbonyl (C=O) groups is 1. The topological polar surface area (TPSA) is 46.4 Å². The Morgan fingerprint density at radius 3 is 2.17 bits per heavy atom. The van der Waals surface area contributed by atoms with E-state index < -0.39 is 0 Å². The molecular formula is C31H28FN3O. The number of imidazole rings is 1. The van der Waals surface area contributed by atoms with Gasteiger partial charge in [0, 0.05) is 37.2 Å². The number of nitrogens with one attached hydrogen (secondary N) is 1. The molecule has 0 saturated heterocycles. The standard InChI is InChI=1S/C31H28FN3O/c32-26-15-9-14-25(20-26)28(29-22-34-30-16-7-8-19-35(29)30)21-31(36)33-18-17-27(23-10-3-1-4-11-23)24-12-5-2-6-13-24/h1-16,19-20,22,27-28H,17-18,21H2,(H,33,36). The van der Waals surface area contributed by atoms with E-state index in [2.05, 4.69) is 34.6 Å². The highest BCUT2D eigenvalue weighted by molar-refractivity contribution is 5.77. The summed E-state index contributed by atoms with van der Waals surface area (Å²) in [6.07, 6.45) is 4.68. The van der Waals surface area contributed by atoms with Crippen molar-refractivity contribution < 1.29 is 9.18 Å². The quantitative estimate of drug-likeness (QED) is 0.270. The molecule has 0 bridgehead atoms. The maximum Gasteiger partial charge on any atom is 0.221 e. The molecule has 0 spiro atoms. The van der Waals surface area contributed by atoms with Crippen molar-refractivity contribution in [2.75, 3.05) is 6.54 Å². The van der Waals surface area contributed by atoms with Crippen LogP contribution in [0.2, 0.25) is 0 Å². The summed E-state index contributed by atoms with van der Waals surface area (Å²) in [5.74, 6) is -0.530. The molecule has 36 heavy (non-hydrogen) atoms. The summed E-state index contributed by atoms with van der Waals surface area (Å²) in [5.41, 5.74) is 4.85. The summed E-state index contributed by atoms with van der Waals surface area (Å²) >= 11 is 0. The summed E-state index contributed by atoms with van der Waals surface area (Å²) in [6.45, 7) is 0.538. The second-order valence-corrected chi connectivity index (χ2v) is 8.94. The number of pyridine rings is 1. The third-order valence-corrected chi connectivity index (χ3v) is 6.60. The van der Waals surface area contributed by atoms with E-state index >= 15 is 0 Å². The summed E-state index contributed by atoms with van der Waals surface area (Å²) in [4.78, 5) is 17.6. The molecule has 0 aliphatic rings. The van der Waals surface area contributed by atoms with Crippen LogP contribution >= 0.6 is 0 Å². The number of rotatable bonds is 9. The van der Waals surface area contributed by atoms with Crippen molar-refractivity contribution in [2.45, 2.75) is 24.7 Å². The molecule has 4 nitrogen and oxygen atoms in total. The Balaban J connectivity index is 1.33. The van der Waals surface area contributed by atoms with Crippen molar-refractivity contribution in [3.05, 3.63) is 144 Å². The van der Waals surface area contributed by atoms with Gasteiger partial charge >= 0.3 is 0 Å². The second kappa shape index (κ2) is 11.0.